The Labute approximate surface area is 96.3 Å². The molecule has 0 aromatic heterocycles. The molecular formula is C12H19NO3. The molecule has 0 aromatic carbocycles. The van der Waals surface area contributed by atoms with Gasteiger partial charge in [0.05, 0.1) is 6.61 Å². The van der Waals surface area contributed by atoms with Crippen LogP contribution in [-0.2, 0) is 9.53 Å². The van der Waals surface area contributed by atoms with Crippen molar-refractivity contribution in [1.82, 2.24) is 4.90 Å². The fourth-order valence-corrected chi connectivity index (χ4v) is 1.79. The monoisotopic (exact) mass is 225 g/mol. The highest BCUT2D eigenvalue weighted by atomic mass is 16.6. The van der Waals surface area contributed by atoms with Crippen LogP contribution in [0.3, 0.4) is 0 Å². The molecular weight excluding hydrogens is 206 g/mol. The topological polar surface area (TPSA) is 46.6 Å². The summed E-state index contributed by atoms with van der Waals surface area (Å²) in [5.74, 6) is 0.136. The number of ether oxygens (including phenoxy) is 1. The van der Waals surface area contributed by atoms with E-state index < -0.39 is 0 Å². The van der Waals surface area contributed by atoms with Gasteiger partial charge in [-0.15, -0.1) is 0 Å². The van der Waals surface area contributed by atoms with Crippen molar-refractivity contribution in [2.75, 3.05) is 13.2 Å². The summed E-state index contributed by atoms with van der Waals surface area (Å²) in [4.78, 5) is 24.2. The number of ketones is 1. The smallest absolute Gasteiger partial charge is 0.413 e. The molecule has 90 valence electrons. The van der Waals surface area contributed by atoms with Gasteiger partial charge in [0.15, 0.2) is 0 Å². The first-order valence-corrected chi connectivity index (χ1v) is 5.76. The third-order valence-corrected chi connectivity index (χ3v) is 2.46. The molecule has 1 amide bonds. The van der Waals surface area contributed by atoms with Gasteiger partial charge in [0.1, 0.15) is 5.78 Å². The number of rotatable bonds is 3. The first-order valence-electron chi connectivity index (χ1n) is 5.76. The zero-order chi connectivity index (χ0) is 12.0. The van der Waals surface area contributed by atoms with E-state index in [1.807, 2.05) is 0 Å². The Bertz CT molecular complexity index is 297. The summed E-state index contributed by atoms with van der Waals surface area (Å²) in [6.45, 7) is 4.42. The highest BCUT2D eigenvalue weighted by molar-refractivity contribution is 5.78. The minimum absolute atomic E-state index is 0.136. The van der Waals surface area contributed by atoms with Crippen molar-refractivity contribution in [3.05, 3.63) is 11.8 Å². The number of Topliss-reactive ketones (excluding diaryl/α,β-unsaturated/α-hetero) is 1. The third kappa shape index (κ3) is 4.04. The molecule has 1 aliphatic heterocycles. The van der Waals surface area contributed by atoms with Crippen LogP contribution in [0.4, 0.5) is 4.79 Å². The van der Waals surface area contributed by atoms with Gasteiger partial charge < -0.3 is 4.74 Å². The molecule has 0 spiro atoms. The Kier molecular flexibility index (Phi) is 5.02. The lowest BCUT2D eigenvalue weighted by atomic mass is 10.1. The highest BCUT2D eigenvalue weighted by Gasteiger charge is 2.16. The van der Waals surface area contributed by atoms with Crippen molar-refractivity contribution < 1.29 is 14.3 Å². The molecule has 4 heteroatoms. The first kappa shape index (κ1) is 12.7. The molecule has 16 heavy (non-hydrogen) atoms. The number of carbonyl (C=O) groups is 2. The lowest BCUT2D eigenvalue weighted by Crippen LogP contribution is -2.27. The van der Waals surface area contributed by atoms with Gasteiger partial charge in [-0.05, 0) is 38.7 Å². The molecule has 4 nitrogen and oxygen atoms in total. The Balaban J connectivity index is 2.67. The van der Waals surface area contributed by atoms with E-state index in [2.05, 4.69) is 0 Å². The molecule has 0 aromatic rings. The zero-order valence-electron chi connectivity index (χ0n) is 9.99. The van der Waals surface area contributed by atoms with Crippen LogP contribution in [0.5, 0.6) is 0 Å². The predicted octanol–water partition coefficient (Wildman–Crippen LogP) is 2.49. The van der Waals surface area contributed by atoms with E-state index in [9.17, 15) is 9.59 Å². The largest absolute Gasteiger partial charge is 0.449 e. The molecule has 1 heterocycles. The standard InChI is InChI=1S/C12H19NO3/c1-3-16-12(15)13-7-5-4-6-11(9-13)8-10(2)14/h9H,3-8H2,1-2H3. The summed E-state index contributed by atoms with van der Waals surface area (Å²) in [6.07, 6.45) is 4.79. The molecule has 0 bridgehead atoms. The third-order valence-electron chi connectivity index (χ3n) is 2.46. The highest BCUT2D eigenvalue weighted by Crippen LogP contribution is 2.18. The lowest BCUT2D eigenvalue weighted by Gasteiger charge is -2.16. The fourth-order valence-electron chi connectivity index (χ4n) is 1.79. The summed E-state index contributed by atoms with van der Waals surface area (Å²) < 4.78 is 4.95. The van der Waals surface area contributed by atoms with E-state index in [1.54, 1.807) is 24.9 Å². The van der Waals surface area contributed by atoms with Gasteiger partial charge in [0, 0.05) is 19.2 Å². The van der Waals surface area contributed by atoms with Gasteiger partial charge in [-0.3, -0.25) is 9.69 Å². The van der Waals surface area contributed by atoms with Gasteiger partial charge in [-0.1, -0.05) is 0 Å². The second kappa shape index (κ2) is 6.30. The Hall–Kier alpha value is -1.32. The van der Waals surface area contributed by atoms with E-state index in [0.717, 1.165) is 24.8 Å². The van der Waals surface area contributed by atoms with E-state index in [4.69, 9.17) is 4.74 Å². The van der Waals surface area contributed by atoms with E-state index in [1.165, 1.54) is 0 Å². The van der Waals surface area contributed by atoms with Crippen LogP contribution in [0.25, 0.3) is 0 Å². The van der Waals surface area contributed by atoms with Crippen molar-refractivity contribution in [3.8, 4) is 0 Å². The van der Waals surface area contributed by atoms with E-state index >= 15 is 0 Å². The van der Waals surface area contributed by atoms with Gasteiger partial charge in [-0.25, -0.2) is 4.79 Å². The Morgan fingerprint density at radius 3 is 2.81 bits per heavy atom. The van der Waals surface area contributed by atoms with Gasteiger partial charge >= 0.3 is 6.09 Å². The summed E-state index contributed by atoms with van der Waals surface area (Å²) in [6, 6.07) is 0. The second-order valence-electron chi connectivity index (χ2n) is 4.02. The van der Waals surface area contributed by atoms with Crippen LogP contribution in [0.2, 0.25) is 0 Å². The number of amides is 1. The number of allylic oxidation sites excluding steroid dienone is 1. The molecule has 0 saturated heterocycles. The van der Waals surface area contributed by atoms with Crippen molar-refractivity contribution in [2.24, 2.45) is 0 Å². The predicted molar refractivity (Wildman–Crippen MR) is 61.0 cm³/mol. The van der Waals surface area contributed by atoms with Crippen LogP contribution >= 0.6 is 0 Å². The average Bonchev–Trinajstić information content (AvgIpc) is 2.43. The summed E-state index contributed by atoms with van der Waals surface area (Å²) >= 11 is 0. The molecule has 0 unspecified atom stereocenters. The van der Waals surface area contributed by atoms with Gasteiger partial charge in [0.25, 0.3) is 0 Å². The maximum absolute atomic E-state index is 11.6. The lowest BCUT2D eigenvalue weighted by molar-refractivity contribution is -0.116. The second-order valence-corrected chi connectivity index (χ2v) is 4.02. The molecule has 1 rings (SSSR count). The van der Waals surface area contributed by atoms with Crippen molar-refractivity contribution >= 4 is 11.9 Å². The summed E-state index contributed by atoms with van der Waals surface area (Å²) in [7, 11) is 0. The number of hydrogen-bond acceptors (Lipinski definition) is 3. The number of carbonyl (C=O) groups excluding carboxylic acids is 2. The fraction of sp³-hybridized carbons (Fsp3) is 0.667. The molecule has 0 fully saturated rings. The molecule has 0 saturated carbocycles. The SMILES string of the molecule is CCOC(=O)N1C=C(CC(C)=O)CCCC1. The van der Waals surface area contributed by atoms with Crippen LogP contribution in [0.1, 0.15) is 39.5 Å². The summed E-state index contributed by atoms with van der Waals surface area (Å²) in [5.41, 5.74) is 1.03. The maximum atomic E-state index is 11.6. The van der Waals surface area contributed by atoms with E-state index in [-0.39, 0.29) is 11.9 Å². The number of hydrogen-bond donors (Lipinski definition) is 0. The maximum Gasteiger partial charge on any atom is 0.413 e. The van der Waals surface area contributed by atoms with Crippen molar-refractivity contribution in [1.29, 1.82) is 0 Å². The van der Waals surface area contributed by atoms with Crippen LogP contribution in [-0.4, -0.2) is 29.9 Å². The van der Waals surface area contributed by atoms with Crippen LogP contribution in [0.15, 0.2) is 11.8 Å². The summed E-state index contributed by atoms with van der Waals surface area (Å²) in [5, 5.41) is 0. The molecule has 0 radical (unpaired) electrons. The van der Waals surface area contributed by atoms with Crippen molar-refractivity contribution in [2.45, 2.75) is 39.5 Å². The first-order chi connectivity index (χ1) is 7.63. The molecule has 0 atom stereocenters. The number of nitrogens with zero attached hydrogens (tertiary/aromatic N) is 1. The average molecular weight is 225 g/mol. The molecule has 0 N–H and O–H groups in total. The van der Waals surface area contributed by atoms with Gasteiger partial charge in [0.2, 0.25) is 0 Å². The Morgan fingerprint density at radius 2 is 2.19 bits per heavy atom. The zero-order valence-corrected chi connectivity index (χ0v) is 9.99. The quantitative estimate of drug-likeness (QED) is 0.741. The van der Waals surface area contributed by atoms with Crippen LogP contribution in [0, 0.1) is 0 Å². The minimum atomic E-state index is -0.314. The van der Waals surface area contributed by atoms with Crippen LogP contribution < -0.4 is 0 Å². The van der Waals surface area contributed by atoms with Gasteiger partial charge in [-0.2, -0.15) is 0 Å². The molecule has 0 aliphatic carbocycles. The minimum Gasteiger partial charge on any atom is -0.449 e. The normalized spacial score (nSPS) is 16.4. The van der Waals surface area contributed by atoms with Crippen molar-refractivity contribution in [3.63, 3.8) is 0 Å². The Morgan fingerprint density at radius 1 is 1.44 bits per heavy atom. The van der Waals surface area contributed by atoms with E-state index in [0.29, 0.717) is 19.6 Å². The molecule has 1 aliphatic rings.